The minimum absolute atomic E-state index is 0.611. The number of nitrogens with one attached hydrogen (secondary N) is 1. The van der Waals surface area contributed by atoms with Crippen LogP contribution in [0.4, 0.5) is 5.69 Å². The van der Waals surface area contributed by atoms with E-state index < -0.39 is 0 Å². The van der Waals surface area contributed by atoms with Crippen LogP contribution in [0.5, 0.6) is 5.75 Å². The summed E-state index contributed by atoms with van der Waals surface area (Å²) in [5.41, 5.74) is 2.43. The van der Waals surface area contributed by atoms with Crippen molar-refractivity contribution < 1.29 is 4.74 Å². The van der Waals surface area contributed by atoms with Crippen molar-refractivity contribution >= 4 is 5.69 Å². The lowest BCUT2D eigenvalue weighted by Gasteiger charge is -2.30. The monoisotopic (exact) mass is 247 g/mol. The maximum Gasteiger partial charge on any atom is 0.141 e. The molecular weight excluding hydrogens is 222 g/mol. The van der Waals surface area contributed by atoms with Gasteiger partial charge >= 0.3 is 0 Å². The van der Waals surface area contributed by atoms with Gasteiger partial charge in [-0.2, -0.15) is 0 Å². The van der Waals surface area contributed by atoms with Gasteiger partial charge in [0.05, 0.1) is 12.8 Å². The van der Waals surface area contributed by atoms with E-state index >= 15 is 0 Å². The number of benzene rings is 1. The molecule has 0 amide bonds. The van der Waals surface area contributed by atoms with Crippen LogP contribution >= 0.6 is 0 Å². The molecule has 2 unspecified atom stereocenters. The van der Waals surface area contributed by atoms with E-state index in [-0.39, 0.29) is 0 Å². The third kappa shape index (κ3) is 3.18. The molecule has 1 fully saturated rings. The summed E-state index contributed by atoms with van der Waals surface area (Å²) in [7, 11) is 1.74. The van der Waals surface area contributed by atoms with Gasteiger partial charge in [0.1, 0.15) is 5.75 Å². The van der Waals surface area contributed by atoms with Crippen LogP contribution in [0.15, 0.2) is 18.2 Å². The van der Waals surface area contributed by atoms with Crippen LogP contribution in [0.1, 0.15) is 44.6 Å². The first-order valence-electron chi connectivity index (χ1n) is 7.14. The average molecular weight is 247 g/mol. The molecule has 100 valence electrons. The molecule has 1 aliphatic carbocycles. The molecule has 1 N–H and O–H groups in total. The summed E-state index contributed by atoms with van der Waals surface area (Å²) in [5, 5.41) is 3.68. The molecule has 2 nitrogen and oxygen atoms in total. The van der Waals surface area contributed by atoms with Crippen molar-refractivity contribution in [2.45, 2.75) is 52.0 Å². The van der Waals surface area contributed by atoms with Gasteiger partial charge in [-0.15, -0.1) is 0 Å². The third-order valence-corrected chi connectivity index (χ3v) is 4.07. The molecule has 0 bridgehead atoms. The second-order valence-electron chi connectivity index (χ2n) is 5.49. The van der Waals surface area contributed by atoms with Crippen LogP contribution in [0.3, 0.4) is 0 Å². The SMILES string of the molecule is CCC1CCCC(Nc2cc(C)ccc2OC)C1. The van der Waals surface area contributed by atoms with E-state index in [1.807, 2.05) is 0 Å². The fourth-order valence-electron chi connectivity index (χ4n) is 2.95. The van der Waals surface area contributed by atoms with Crippen LogP contribution in [-0.2, 0) is 0 Å². The number of rotatable bonds is 4. The maximum absolute atomic E-state index is 5.43. The van der Waals surface area contributed by atoms with E-state index in [2.05, 4.69) is 37.4 Å². The molecule has 0 heterocycles. The Bertz CT molecular complexity index is 389. The van der Waals surface area contributed by atoms with Gasteiger partial charge in [-0.25, -0.2) is 0 Å². The summed E-state index contributed by atoms with van der Waals surface area (Å²) in [6.07, 6.45) is 6.65. The van der Waals surface area contributed by atoms with Gasteiger partial charge < -0.3 is 10.1 Å². The molecular formula is C16H25NO. The molecule has 1 aromatic rings. The highest BCUT2D eigenvalue weighted by molar-refractivity contribution is 5.58. The molecule has 1 aliphatic rings. The van der Waals surface area contributed by atoms with Gasteiger partial charge in [0.2, 0.25) is 0 Å². The lowest BCUT2D eigenvalue weighted by molar-refractivity contribution is 0.326. The van der Waals surface area contributed by atoms with Crippen LogP contribution in [0.25, 0.3) is 0 Å². The van der Waals surface area contributed by atoms with E-state index in [4.69, 9.17) is 4.74 Å². The average Bonchev–Trinajstić information content (AvgIpc) is 2.39. The van der Waals surface area contributed by atoms with Crippen LogP contribution in [0, 0.1) is 12.8 Å². The number of anilines is 1. The minimum Gasteiger partial charge on any atom is -0.495 e. The summed E-state index contributed by atoms with van der Waals surface area (Å²) < 4.78 is 5.43. The predicted octanol–water partition coefficient (Wildman–Crippen LogP) is 4.38. The van der Waals surface area contributed by atoms with E-state index in [0.717, 1.165) is 17.4 Å². The Morgan fingerprint density at radius 3 is 2.89 bits per heavy atom. The van der Waals surface area contributed by atoms with Crippen LogP contribution < -0.4 is 10.1 Å². The molecule has 1 saturated carbocycles. The van der Waals surface area contributed by atoms with Crippen molar-refractivity contribution in [3.05, 3.63) is 23.8 Å². The standard InChI is InChI=1S/C16H25NO/c1-4-13-6-5-7-14(11-13)17-15-10-12(2)8-9-16(15)18-3/h8-10,13-14,17H,4-7,11H2,1-3H3. The van der Waals surface area contributed by atoms with E-state index in [1.54, 1.807) is 7.11 Å². The van der Waals surface area contributed by atoms with Gasteiger partial charge in [0.25, 0.3) is 0 Å². The predicted molar refractivity (Wildman–Crippen MR) is 77.4 cm³/mol. The second kappa shape index (κ2) is 6.12. The second-order valence-corrected chi connectivity index (χ2v) is 5.49. The van der Waals surface area contributed by atoms with Crippen LogP contribution in [-0.4, -0.2) is 13.2 Å². The van der Waals surface area contributed by atoms with E-state index in [1.165, 1.54) is 37.7 Å². The van der Waals surface area contributed by atoms with Crippen molar-refractivity contribution in [3.8, 4) is 5.75 Å². The number of methoxy groups -OCH3 is 1. The molecule has 0 aliphatic heterocycles. The number of hydrogen-bond acceptors (Lipinski definition) is 2. The number of hydrogen-bond donors (Lipinski definition) is 1. The van der Waals surface area contributed by atoms with E-state index in [9.17, 15) is 0 Å². The largest absolute Gasteiger partial charge is 0.495 e. The topological polar surface area (TPSA) is 21.3 Å². The summed E-state index contributed by atoms with van der Waals surface area (Å²) in [6, 6.07) is 6.95. The minimum atomic E-state index is 0.611. The first-order chi connectivity index (χ1) is 8.72. The summed E-state index contributed by atoms with van der Waals surface area (Å²) in [4.78, 5) is 0. The fraction of sp³-hybridized carbons (Fsp3) is 0.625. The summed E-state index contributed by atoms with van der Waals surface area (Å²) in [6.45, 7) is 4.43. The van der Waals surface area contributed by atoms with Gasteiger partial charge in [0.15, 0.2) is 0 Å². The molecule has 2 atom stereocenters. The molecule has 2 heteroatoms. The van der Waals surface area contributed by atoms with Crippen molar-refractivity contribution in [1.82, 2.24) is 0 Å². The van der Waals surface area contributed by atoms with Gasteiger partial charge in [-0.3, -0.25) is 0 Å². The number of aryl methyl sites for hydroxylation is 1. The first-order valence-corrected chi connectivity index (χ1v) is 7.14. The Balaban J connectivity index is 2.06. The van der Waals surface area contributed by atoms with Crippen molar-refractivity contribution in [3.63, 3.8) is 0 Å². The quantitative estimate of drug-likeness (QED) is 0.852. The normalized spacial score (nSPS) is 23.7. The summed E-state index contributed by atoms with van der Waals surface area (Å²) >= 11 is 0. The third-order valence-electron chi connectivity index (χ3n) is 4.07. The lowest BCUT2D eigenvalue weighted by atomic mass is 9.84. The highest BCUT2D eigenvalue weighted by Crippen LogP contribution is 2.32. The van der Waals surface area contributed by atoms with Gasteiger partial charge in [-0.05, 0) is 43.4 Å². The van der Waals surface area contributed by atoms with E-state index in [0.29, 0.717) is 6.04 Å². The first kappa shape index (κ1) is 13.3. The molecule has 0 spiro atoms. The molecule has 0 radical (unpaired) electrons. The lowest BCUT2D eigenvalue weighted by Crippen LogP contribution is -2.27. The highest BCUT2D eigenvalue weighted by Gasteiger charge is 2.21. The molecule has 0 saturated heterocycles. The Kier molecular flexibility index (Phi) is 4.51. The maximum atomic E-state index is 5.43. The zero-order valence-corrected chi connectivity index (χ0v) is 11.8. The van der Waals surface area contributed by atoms with Gasteiger partial charge in [0, 0.05) is 6.04 Å². The summed E-state index contributed by atoms with van der Waals surface area (Å²) in [5.74, 6) is 1.85. The van der Waals surface area contributed by atoms with Crippen molar-refractivity contribution in [2.24, 2.45) is 5.92 Å². The smallest absolute Gasteiger partial charge is 0.141 e. The Morgan fingerprint density at radius 2 is 2.17 bits per heavy atom. The molecule has 18 heavy (non-hydrogen) atoms. The number of ether oxygens (including phenoxy) is 1. The zero-order valence-electron chi connectivity index (χ0n) is 11.8. The zero-order chi connectivity index (χ0) is 13.0. The fourth-order valence-corrected chi connectivity index (χ4v) is 2.95. The van der Waals surface area contributed by atoms with Gasteiger partial charge in [-0.1, -0.05) is 32.3 Å². The Morgan fingerprint density at radius 1 is 1.33 bits per heavy atom. The van der Waals surface area contributed by atoms with Crippen molar-refractivity contribution in [1.29, 1.82) is 0 Å². The molecule has 1 aromatic carbocycles. The Labute approximate surface area is 111 Å². The molecule has 2 rings (SSSR count). The molecule has 0 aromatic heterocycles. The van der Waals surface area contributed by atoms with Crippen LogP contribution in [0.2, 0.25) is 0 Å². The Hall–Kier alpha value is -1.18. The van der Waals surface area contributed by atoms with Crippen molar-refractivity contribution in [2.75, 3.05) is 12.4 Å². The highest BCUT2D eigenvalue weighted by atomic mass is 16.5.